The summed E-state index contributed by atoms with van der Waals surface area (Å²) >= 11 is 0. The van der Waals surface area contributed by atoms with Crippen molar-refractivity contribution in [1.29, 1.82) is 0 Å². The number of carbonyl (C=O) groups is 1. The summed E-state index contributed by atoms with van der Waals surface area (Å²) in [6.45, 7) is 0.511. The molecule has 0 unspecified atom stereocenters. The lowest BCUT2D eigenvalue weighted by Crippen LogP contribution is -2.29. The average molecular weight is 397 g/mol. The number of benzene rings is 2. The van der Waals surface area contributed by atoms with Crippen molar-refractivity contribution in [1.82, 2.24) is 4.98 Å². The Morgan fingerprint density at radius 2 is 1.89 bits per heavy atom. The van der Waals surface area contributed by atoms with Gasteiger partial charge in [-0.3, -0.25) is 14.5 Å². The third-order valence-corrected chi connectivity index (χ3v) is 5.91. The Hall–Kier alpha value is -3.26. The Morgan fingerprint density at radius 3 is 2.61 bits per heavy atom. The number of anilines is 2. The zero-order valence-electron chi connectivity index (χ0n) is 14.7. The van der Waals surface area contributed by atoms with Crippen molar-refractivity contribution >= 4 is 27.3 Å². The number of nitrogens with zero attached hydrogens (tertiary/aromatic N) is 2. The van der Waals surface area contributed by atoms with Crippen LogP contribution in [0.2, 0.25) is 0 Å². The minimum atomic E-state index is -3.87. The molecule has 0 saturated carbocycles. The summed E-state index contributed by atoms with van der Waals surface area (Å²) in [5, 5.41) is 0. The van der Waals surface area contributed by atoms with Gasteiger partial charge in [-0.2, -0.15) is 0 Å². The fraction of sp³-hybridized carbons (Fsp3) is 0.100. The van der Waals surface area contributed by atoms with Gasteiger partial charge in [-0.25, -0.2) is 12.8 Å². The van der Waals surface area contributed by atoms with Crippen LogP contribution in [0.15, 0.2) is 71.9 Å². The molecule has 4 rings (SSSR count). The van der Waals surface area contributed by atoms with Crippen molar-refractivity contribution in [3.05, 3.63) is 83.9 Å². The number of sulfonamides is 1. The predicted octanol–water partition coefficient (Wildman–Crippen LogP) is 3.22. The molecule has 1 aromatic heterocycles. The summed E-state index contributed by atoms with van der Waals surface area (Å²) in [5.41, 5.74) is 2.41. The highest BCUT2D eigenvalue weighted by atomic mass is 32.2. The highest BCUT2D eigenvalue weighted by Crippen LogP contribution is 2.32. The molecule has 0 bridgehead atoms. The number of hydrogen-bond donors (Lipinski definition) is 1. The molecule has 3 aromatic rings. The van der Waals surface area contributed by atoms with Crippen molar-refractivity contribution in [3.63, 3.8) is 0 Å². The maximum absolute atomic E-state index is 13.1. The van der Waals surface area contributed by atoms with E-state index in [9.17, 15) is 17.6 Å². The Balaban J connectivity index is 1.62. The van der Waals surface area contributed by atoms with E-state index in [2.05, 4.69) is 9.71 Å². The number of fused-ring (bicyclic) bond motifs is 1. The molecule has 1 aliphatic heterocycles. The summed E-state index contributed by atoms with van der Waals surface area (Å²) < 4.78 is 40.6. The van der Waals surface area contributed by atoms with E-state index >= 15 is 0 Å². The molecule has 0 radical (unpaired) electrons. The monoisotopic (exact) mass is 397 g/mol. The van der Waals surface area contributed by atoms with Gasteiger partial charge in [-0.1, -0.05) is 6.07 Å². The van der Waals surface area contributed by atoms with Gasteiger partial charge in [0.15, 0.2) is 0 Å². The summed E-state index contributed by atoms with van der Waals surface area (Å²) in [4.78, 5) is 18.3. The molecular formula is C20H16FN3O3S. The van der Waals surface area contributed by atoms with Crippen LogP contribution in [0.1, 0.15) is 15.9 Å². The third kappa shape index (κ3) is 3.46. The second-order valence-electron chi connectivity index (χ2n) is 6.35. The number of nitrogens with one attached hydrogen (secondary N) is 1. The smallest absolute Gasteiger partial charge is 0.261 e. The molecule has 8 heteroatoms. The van der Waals surface area contributed by atoms with Crippen LogP contribution in [0.4, 0.5) is 15.8 Å². The van der Waals surface area contributed by atoms with Gasteiger partial charge in [0.25, 0.3) is 15.9 Å². The molecule has 0 fully saturated rings. The first kappa shape index (κ1) is 18.1. The van der Waals surface area contributed by atoms with Crippen LogP contribution in [0.5, 0.6) is 0 Å². The number of aromatic nitrogens is 1. The number of pyridine rings is 1. The highest BCUT2D eigenvalue weighted by molar-refractivity contribution is 7.92. The first-order valence-electron chi connectivity index (χ1n) is 8.57. The molecule has 0 atom stereocenters. The first-order valence-corrected chi connectivity index (χ1v) is 10.1. The van der Waals surface area contributed by atoms with E-state index in [1.165, 1.54) is 18.3 Å². The minimum absolute atomic E-state index is 0.0438. The van der Waals surface area contributed by atoms with E-state index in [0.29, 0.717) is 29.9 Å². The molecular weight excluding hydrogens is 381 g/mol. The summed E-state index contributed by atoms with van der Waals surface area (Å²) in [7, 11) is -3.87. The third-order valence-electron chi connectivity index (χ3n) is 4.51. The van der Waals surface area contributed by atoms with Crippen LogP contribution >= 0.6 is 0 Å². The van der Waals surface area contributed by atoms with Crippen molar-refractivity contribution in [2.24, 2.45) is 0 Å². The van der Waals surface area contributed by atoms with Gasteiger partial charge in [0.1, 0.15) is 5.82 Å². The average Bonchev–Trinajstić information content (AvgIpc) is 3.11. The van der Waals surface area contributed by atoms with Crippen LogP contribution < -0.4 is 9.62 Å². The van der Waals surface area contributed by atoms with E-state index in [1.54, 1.807) is 41.4 Å². The summed E-state index contributed by atoms with van der Waals surface area (Å²) in [6, 6.07) is 13.0. The zero-order chi connectivity index (χ0) is 19.7. The lowest BCUT2D eigenvalue weighted by Gasteiger charge is -2.18. The molecule has 0 saturated heterocycles. The van der Waals surface area contributed by atoms with Crippen LogP contribution in [-0.2, 0) is 16.4 Å². The van der Waals surface area contributed by atoms with Crippen molar-refractivity contribution in [2.75, 3.05) is 16.2 Å². The molecule has 6 nitrogen and oxygen atoms in total. The van der Waals surface area contributed by atoms with Gasteiger partial charge < -0.3 is 4.90 Å². The Bertz CT molecular complexity index is 1130. The standard InChI is InChI=1S/C20H16FN3O3S/c21-16-4-7-18(8-5-16)28(26,27)23-17-6-3-14-9-11-24(19(14)12-17)20(25)15-2-1-10-22-13-15/h1-8,10,12-13,23H,9,11H2. The zero-order valence-corrected chi connectivity index (χ0v) is 15.5. The van der Waals surface area contributed by atoms with Crippen LogP contribution in [0.25, 0.3) is 0 Å². The lowest BCUT2D eigenvalue weighted by atomic mass is 10.1. The Labute approximate surface area is 161 Å². The van der Waals surface area contributed by atoms with E-state index in [0.717, 1.165) is 17.7 Å². The molecule has 142 valence electrons. The van der Waals surface area contributed by atoms with Crippen LogP contribution in [-0.4, -0.2) is 25.9 Å². The molecule has 1 N–H and O–H groups in total. The number of hydrogen-bond acceptors (Lipinski definition) is 4. The van der Waals surface area contributed by atoms with Crippen molar-refractivity contribution in [2.45, 2.75) is 11.3 Å². The van der Waals surface area contributed by atoms with Crippen molar-refractivity contribution < 1.29 is 17.6 Å². The van der Waals surface area contributed by atoms with Gasteiger partial charge in [0.05, 0.1) is 16.1 Å². The van der Waals surface area contributed by atoms with E-state index < -0.39 is 15.8 Å². The van der Waals surface area contributed by atoms with Crippen molar-refractivity contribution in [3.8, 4) is 0 Å². The molecule has 1 amide bonds. The SMILES string of the molecule is O=C(c1cccnc1)N1CCc2ccc(NS(=O)(=O)c3ccc(F)cc3)cc21. The van der Waals surface area contributed by atoms with E-state index in [-0.39, 0.29) is 10.8 Å². The second-order valence-corrected chi connectivity index (χ2v) is 8.03. The second kappa shape index (κ2) is 7.05. The Morgan fingerprint density at radius 1 is 1.11 bits per heavy atom. The maximum Gasteiger partial charge on any atom is 0.261 e. The first-order chi connectivity index (χ1) is 13.4. The number of rotatable bonds is 4. The number of halogens is 1. The molecule has 2 aromatic carbocycles. The largest absolute Gasteiger partial charge is 0.308 e. The van der Waals surface area contributed by atoms with Gasteiger partial charge in [-0.15, -0.1) is 0 Å². The topological polar surface area (TPSA) is 79.4 Å². The molecule has 2 heterocycles. The highest BCUT2D eigenvalue weighted by Gasteiger charge is 2.26. The van der Waals surface area contributed by atoms with E-state index in [4.69, 9.17) is 0 Å². The van der Waals surface area contributed by atoms with Crippen LogP contribution in [0.3, 0.4) is 0 Å². The molecule has 0 aliphatic carbocycles. The summed E-state index contributed by atoms with van der Waals surface area (Å²) in [6.07, 6.45) is 3.78. The quantitative estimate of drug-likeness (QED) is 0.733. The number of amides is 1. The molecule has 28 heavy (non-hydrogen) atoms. The molecule has 0 spiro atoms. The minimum Gasteiger partial charge on any atom is -0.308 e. The van der Waals surface area contributed by atoms with E-state index in [1.807, 2.05) is 0 Å². The van der Waals surface area contributed by atoms with Gasteiger partial charge >= 0.3 is 0 Å². The maximum atomic E-state index is 13.1. The van der Waals surface area contributed by atoms with Gasteiger partial charge in [-0.05, 0) is 60.5 Å². The predicted molar refractivity (Wildman–Crippen MR) is 103 cm³/mol. The summed E-state index contributed by atoms with van der Waals surface area (Å²) in [5.74, 6) is -0.702. The lowest BCUT2D eigenvalue weighted by molar-refractivity contribution is 0.0989. The fourth-order valence-electron chi connectivity index (χ4n) is 3.13. The molecule has 1 aliphatic rings. The Kier molecular flexibility index (Phi) is 4.56. The van der Waals surface area contributed by atoms with Gasteiger partial charge in [0, 0.05) is 24.6 Å². The normalized spacial score (nSPS) is 13.2. The fourth-order valence-corrected chi connectivity index (χ4v) is 4.18. The van der Waals surface area contributed by atoms with Crippen LogP contribution in [0, 0.1) is 5.82 Å². The number of carbonyl (C=O) groups excluding carboxylic acids is 1. The van der Waals surface area contributed by atoms with Gasteiger partial charge in [0.2, 0.25) is 0 Å².